The van der Waals surface area contributed by atoms with Crippen LogP contribution in [-0.2, 0) is 4.79 Å². The summed E-state index contributed by atoms with van der Waals surface area (Å²) in [6, 6.07) is 12.5. The summed E-state index contributed by atoms with van der Waals surface area (Å²) in [6.45, 7) is 5.56. The van der Waals surface area contributed by atoms with E-state index in [9.17, 15) is 9.59 Å². The van der Waals surface area contributed by atoms with Gasteiger partial charge in [0.2, 0.25) is 11.1 Å². The zero-order chi connectivity index (χ0) is 21.7. The first-order valence-corrected chi connectivity index (χ1v) is 10.2. The van der Waals surface area contributed by atoms with Crippen molar-refractivity contribution in [2.24, 2.45) is 0 Å². The number of aryl methyl sites for hydroxylation is 2. The van der Waals surface area contributed by atoms with Crippen molar-refractivity contribution in [3.63, 3.8) is 0 Å². The van der Waals surface area contributed by atoms with E-state index in [0.717, 1.165) is 34.2 Å². The molecule has 1 unspecified atom stereocenters. The summed E-state index contributed by atoms with van der Waals surface area (Å²) < 4.78 is 5.14. The molecule has 0 radical (unpaired) electrons. The van der Waals surface area contributed by atoms with Gasteiger partial charge in [-0.25, -0.2) is 9.78 Å². The molecule has 0 saturated heterocycles. The Morgan fingerprint density at radius 2 is 1.87 bits per heavy atom. The summed E-state index contributed by atoms with van der Waals surface area (Å²) in [5, 5.41) is 11.9. The Balaban J connectivity index is 1.56. The number of benzene rings is 2. The number of ether oxygens (including phenoxy) is 1. The number of aromatic amines is 1. The molecule has 8 nitrogen and oxygen atoms in total. The number of nitrogens with zero attached hydrogens (tertiary/aromatic N) is 2. The van der Waals surface area contributed by atoms with Crippen LogP contribution in [0.2, 0.25) is 0 Å². The van der Waals surface area contributed by atoms with Gasteiger partial charge in [0, 0.05) is 11.3 Å². The Labute approximate surface area is 178 Å². The van der Waals surface area contributed by atoms with Crippen LogP contribution in [0.1, 0.15) is 18.1 Å². The molecular weight excluding hydrogens is 402 g/mol. The van der Waals surface area contributed by atoms with Gasteiger partial charge in [0.05, 0.1) is 12.4 Å². The summed E-state index contributed by atoms with van der Waals surface area (Å²) in [6.07, 6.45) is 0. The fourth-order valence-corrected chi connectivity index (χ4v) is 3.43. The van der Waals surface area contributed by atoms with E-state index in [0.29, 0.717) is 16.7 Å². The molecule has 1 aromatic heterocycles. The Bertz CT molecular complexity index is 1050. The summed E-state index contributed by atoms with van der Waals surface area (Å²) >= 11 is 1.16. The largest absolute Gasteiger partial charge is 0.497 e. The standard InChI is InChI=1S/C21H23N5O3S/c1-12-5-10-17(13(2)11-12)22-20(28)24-19(27)14(3)30-21-23-18(25-26-21)15-6-8-16(29-4)9-7-15/h5-11,14H,1-4H3,(H,23,25,26)(H2,22,24,27,28). The number of carbonyl (C=O) groups is 2. The molecular formula is C21H23N5O3S. The fraction of sp³-hybridized carbons (Fsp3) is 0.238. The lowest BCUT2D eigenvalue weighted by Crippen LogP contribution is -2.39. The molecule has 0 bridgehead atoms. The van der Waals surface area contributed by atoms with Crippen molar-refractivity contribution in [1.29, 1.82) is 0 Å². The number of urea groups is 1. The number of hydrogen-bond donors (Lipinski definition) is 3. The van der Waals surface area contributed by atoms with Crippen LogP contribution in [0.25, 0.3) is 11.4 Å². The van der Waals surface area contributed by atoms with E-state index in [-0.39, 0.29) is 0 Å². The highest BCUT2D eigenvalue weighted by Crippen LogP contribution is 2.24. The average Bonchev–Trinajstić information content (AvgIpc) is 3.18. The van der Waals surface area contributed by atoms with E-state index in [2.05, 4.69) is 25.8 Å². The van der Waals surface area contributed by atoms with E-state index in [1.165, 1.54) is 0 Å². The number of thioether (sulfide) groups is 1. The van der Waals surface area contributed by atoms with Gasteiger partial charge in [0.1, 0.15) is 5.75 Å². The van der Waals surface area contributed by atoms with Gasteiger partial charge in [0.25, 0.3) is 0 Å². The quantitative estimate of drug-likeness (QED) is 0.517. The van der Waals surface area contributed by atoms with Gasteiger partial charge in [-0.05, 0) is 56.7 Å². The smallest absolute Gasteiger partial charge is 0.325 e. The predicted octanol–water partition coefficient (Wildman–Crippen LogP) is 3.93. The molecule has 3 rings (SSSR count). The lowest BCUT2D eigenvalue weighted by molar-refractivity contribution is -0.119. The highest BCUT2D eigenvalue weighted by atomic mass is 32.2. The third-order valence-electron chi connectivity index (χ3n) is 4.35. The molecule has 2 aromatic carbocycles. The first-order chi connectivity index (χ1) is 14.4. The summed E-state index contributed by atoms with van der Waals surface area (Å²) in [5.74, 6) is 0.899. The van der Waals surface area contributed by atoms with E-state index in [1.54, 1.807) is 20.1 Å². The van der Waals surface area contributed by atoms with E-state index >= 15 is 0 Å². The van der Waals surface area contributed by atoms with Crippen LogP contribution >= 0.6 is 11.8 Å². The van der Waals surface area contributed by atoms with Crippen LogP contribution in [-0.4, -0.2) is 39.5 Å². The molecule has 30 heavy (non-hydrogen) atoms. The Morgan fingerprint density at radius 1 is 1.13 bits per heavy atom. The highest BCUT2D eigenvalue weighted by molar-refractivity contribution is 8.00. The van der Waals surface area contributed by atoms with Gasteiger partial charge in [-0.3, -0.25) is 15.2 Å². The van der Waals surface area contributed by atoms with Gasteiger partial charge < -0.3 is 10.1 Å². The van der Waals surface area contributed by atoms with Crippen LogP contribution in [0.15, 0.2) is 47.6 Å². The molecule has 156 valence electrons. The molecule has 0 aliphatic carbocycles. The number of nitrogens with one attached hydrogen (secondary N) is 3. The van der Waals surface area contributed by atoms with Crippen LogP contribution in [0.4, 0.5) is 10.5 Å². The second-order valence-electron chi connectivity index (χ2n) is 6.72. The number of rotatable bonds is 6. The van der Waals surface area contributed by atoms with Crippen molar-refractivity contribution in [3.8, 4) is 17.1 Å². The Morgan fingerprint density at radius 3 is 2.53 bits per heavy atom. The van der Waals surface area contributed by atoms with Crippen molar-refractivity contribution < 1.29 is 14.3 Å². The van der Waals surface area contributed by atoms with E-state index in [1.807, 2.05) is 50.2 Å². The second kappa shape index (κ2) is 9.45. The predicted molar refractivity (Wildman–Crippen MR) is 117 cm³/mol. The lowest BCUT2D eigenvalue weighted by atomic mass is 10.1. The van der Waals surface area contributed by atoms with Crippen molar-refractivity contribution in [1.82, 2.24) is 20.5 Å². The van der Waals surface area contributed by atoms with Crippen LogP contribution in [0, 0.1) is 13.8 Å². The van der Waals surface area contributed by atoms with E-state index in [4.69, 9.17) is 4.74 Å². The molecule has 0 aliphatic rings. The zero-order valence-electron chi connectivity index (χ0n) is 17.1. The summed E-state index contributed by atoms with van der Waals surface area (Å²) in [4.78, 5) is 28.9. The fourth-order valence-electron chi connectivity index (χ4n) is 2.71. The average molecular weight is 426 g/mol. The third-order valence-corrected chi connectivity index (χ3v) is 5.31. The topological polar surface area (TPSA) is 109 Å². The number of anilines is 1. The van der Waals surface area contributed by atoms with Crippen molar-refractivity contribution in [3.05, 3.63) is 53.6 Å². The first kappa shape index (κ1) is 21.4. The van der Waals surface area contributed by atoms with Gasteiger partial charge in [-0.1, -0.05) is 29.5 Å². The Hall–Kier alpha value is -3.33. The molecule has 1 atom stereocenters. The number of methoxy groups -OCH3 is 1. The zero-order valence-corrected chi connectivity index (χ0v) is 18.0. The first-order valence-electron chi connectivity index (χ1n) is 9.28. The van der Waals surface area contributed by atoms with Crippen molar-refractivity contribution in [2.75, 3.05) is 12.4 Å². The molecule has 9 heteroatoms. The molecule has 3 amide bonds. The normalized spacial score (nSPS) is 11.6. The van der Waals surface area contributed by atoms with Crippen LogP contribution < -0.4 is 15.4 Å². The number of aromatic nitrogens is 3. The maximum atomic E-state index is 12.4. The molecule has 3 N–H and O–H groups in total. The SMILES string of the molecule is COc1ccc(-c2nc(SC(C)C(=O)NC(=O)Nc3ccc(C)cc3C)n[nH]2)cc1. The molecule has 0 aliphatic heterocycles. The number of amides is 3. The minimum atomic E-state index is -0.576. The van der Waals surface area contributed by atoms with Crippen molar-refractivity contribution >= 4 is 29.4 Å². The second-order valence-corrected chi connectivity index (χ2v) is 8.02. The number of carbonyl (C=O) groups excluding carboxylic acids is 2. The highest BCUT2D eigenvalue weighted by Gasteiger charge is 2.20. The summed E-state index contributed by atoms with van der Waals surface area (Å²) in [7, 11) is 1.60. The molecule has 0 saturated carbocycles. The monoisotopic (exact) mass is 425 g/mol. The minimum absolute atomic E-state index is 0.415. The maximum absolute atomic E-state index is 12.4. The number of imide groups is 1. The summed E-state index contributed by atoms with van der Waals surface area (Å²) in [5.41, 5.74) is 3.52. The lowest BCUT2D eigenvalue weighted by Gasteiger charge is -2.12. The van der Waals surface area contributed by atoms with Crippen molar-refractivity contribution in [2.45, 2.75) is 31.2 Å². The Kier molecular flexibility index (Phi) is 6.73. The van der Waals surface area contributed by atoms with Gasteiger partial charge in [-0.2, -0.15) is 0 Å². The number of hydrogen-bond acceptors (Lipinski definition) is 6. The van der Waals surface area contributed by atoms with E-state index < -0.39 is 17.2 Å². The molecule has 0 spiro atoms. The molecule has 1 heterocycles. The number of H-pyrrole nitrogens is 1. The maximum Gasteiger partial charge on any atom is 0.325 e. The van der Waals surface area contributed by atoms with Gasteiger partial charge >= 0.3 is 6.03 Å². The molecule has 0 fully saturated rings. The van der Waals surface area contributed by atoms with Crippen LogP contribution in [0.5, 0.6) is 5.75 Å². The molecule has 3 aromatic rings. The van der Waals surface area contributed by atoms with Crippen LogP contribution in [0.3, 0.4) is 0 Å². The minimum Gasteiger partial charge on any atom is -0.497 e. The third kappa shape index (κ3) is 5.38. The van der Waals surface area contributed by atoms with Gasteiger partial charge in [0.15, 0.2) is 5.82 Å². The van der Waals surface area contributed by atoms with Gasteiger partial charge in [-0.15, -0.1) is 5.10 Å².